The topological polar surface area (TPSA) is 49.3 Å². The number of rotatable bonds is 4. The zero-order valence-corrected chi connectivity index (χ0v) is 11.2. The molecule has 1 unspecified atom stereocenters. The van der Waals surface area contributed by atoms with Crippen LogP contribution >= 0.6 is 27.3 Å². The molecule has 16 heavy (non-hydrogen) atoms. The summed E-state index contributed by atoms with van der Waals surface area (Å²) >= 11 is 4.87. The summed E-state index contributed by atoms with van der Waals surface area (Å²) < 4.78 is 0.885. The Morgan fingerprint density at radius 3 is 2.75 bits per heavy atom. The lowest BCUT2D eigenvalue weighted by Gasteiger charge is -2.18. The molecule has 1 aliphatic rings. The maximum Gasteiger partial charge on any atom is 0.326 e. The summed E-state index contributed by atoms with van der Waals surface area (Å²) in [5.41, 5.74) is 0. The molecule has 0 amide bonds. The molecule has 1 aliphatic carbocycles. The smallest absolute Gasteiger partial charge is 0.326 e. The van der Waals surface area contributed by atoms with Gasteiger partial charge in [-0.25, -0.2) is 0 Å². The van der Waals surface area contributed by atoms with E-state index in [1.807, 2.05) is 11.4 Å². The Kier molecular flexibility index (Phi) is 4.00. The molecule has 1 aromatic heterocycles. The first-order valence-electron chi connectivity index (χ1n) is 5.40. The van der Waals surface area contributed by atoms with E-state index < -0.39 is 12.0 Å². The van der Waals surface area contributed by atoms with Crippen molar-refractivity contribution < 1.29 is 9.90 Å². The fourth-order valence-electron chi connectivity index (χ4n) is 2.10. The van der Waals surface area contributed by atoms with Gasteiger partial charge in [-0.1, -0.05) is 12.8 Å². The van der Waals surface area contributed by atoms with E-state index in [9.17, 15) is 9.90 Å². The zero-order chi connectivity index (χ0) is 11.5. The summed E-state index contributed by atoms with van der Waals surface area (Å²) in [6.07, 6.45) is 4.59. The molecule has 3 nitrogen and oxygen atoms in total. The highest BCUT2D eigenvalue weighted by atomic mass is 79.9. The second-order valence-corrected chi connectivity index (χ2v) is 5.85. The quantitative estimate of drug-likeness (QED) is 0.898. The highest BCUT2D eigenvalue weighted by Crippen LogP contribution is 2.31. The SMILES string of the molecule is O=C(O)C(NC1CCCC1)c1sccc1Br. The normalized spacial score (nSPS) is 18.8. The van der Waals surface area contributed by atoms with Gasteiger partial charge < -0.3 is 5.11 Å². The molecule has 1 saturated carbocycles. The Bertz CT molecular complexity index is 374. The predicted octanol–water partition coefficient (Wildman–Crippen LogP) is 3.17. The molecular formula is C11H14BrNO2S. The summed E-state index contributed by atoms with van der Waals surface area (Å²) in [4.78, 5) is 12.1. The first-order valence-corrected chi connectivity index (χ1v) is 7.07. The third-order valence-electron chi connectivity index (χ3n) is 2.91. The molecule has 0 saturated heterocycles. The Labute approximate surface area is 107 Å². The number of carboxylic acid groups (broad SMARTS) is 1. The second-order valence-electron chi connectivity index (χ2n) is 4.05. The van der Waals surface area contributed by atoms with Gasteiger partial charge in [-0.05, 0) is 40.2 Å². The number of carbonyl (C=O) groups is 1. The van der Waals surface area contributed by atoms with Gasteiger partial charge in [0, 0.05) is 15.4 Å². The standard InChI is InChI=1S/C11H14BrNO2S/c12-8-5-6-16-10(8)9(11(14)15)13-7-3-1-2-4-7/h5-7,9,13H,1-4H2,(H,14,15). The highest BCUT2D eigenvalue weighted by molar-refractivity contribution is 9.10. The molecule has 0 aliphatic heterocycles. The van der Waals surface area contributed by atoms with Crippen molar-refractivity contribution in [3.63, 3.8) is 0 Å². The number of thiophene rings is 1. The molecule has 1 heterocycles. The third kappa shape index (κ3) is 2.64. The number of carboxylic acids is 1. The van der Waals surface area contributed by atoms with Crippen molar-refractivity contribution in [1.29, 1.82) is 0 Å². The summed E-state index contributed by atoms with van der Waals surface area (Å²) in [5.74, 6) is -0.796. The Morgan fingerprint density at radius 1 is 1.56 bits per heavy atom. The lowest BCUT2D eigenvalue weighted by atomic mass is 10.2. The molecule has 2 N–H and O–H groups in total. The van der Waals surface area contributed by atoms with Crippen molar-refractivity contribution in [2.24, 2.45) is 0 Å². The average molecular weight is 304 g/mol. The van der Waals surface area contributed by atoms with Crippen LogP contribution in [0.15, 0.2) is 15.9 Å². The van der Waals surface area contributed by atoms with Gasteiger partial charge in [0.25, 0.3) is 0 Å². The molecule has 88 valence electrons. The van der Waals surface area contributed by atoms with Gasteiger partial charge >= 0.3 is 5.97 Å². The Hall–Kier alpha value is -0.390. The van der Waals surface area contributed by atoms with E-state index in [2.05, 4.69) is 21.2 Å². The van der Waals surface area contributed by atoms with Gasteiger partial charge in [0.2, 0.25) is 0 Å². The zero-order valence-electron chi connectivity index (χ0n) is 8.78. The lowest BCUT2D eigenvalue weighted by Crippen LogP contribution is -2.35. The fraction of sp³-hybridized carbons (Fsp3) is 0.545. The van der Waals surface area contributed by atoms with Gasteiger partial charge in [-0.15, -0.1) is 11.3 Å². The molecule has 0 radical (unpaired) electrons. The van der Waals surface area contributed by atoms with Crippen LogP contribution in [0.2, 0.25) is 0 Å². The van der Waals surface area contributed by atoms with Crippen LogP contribution < -0.4 is 5.32 Å². The van der Waals surface area contributed by atoms with Crippen LogP contribution in [0.1, 0.15) is 36.6 Å². The van der Waals surface area contributed by atoms with Gasteiger partial charge in [0.05, 0.1) is 0 Å². The number of hydrogen-bond acceptors (Lipinski definition) is 3. The van der Waals surface area contributed by atoms with Crippen molar-refractivity contribution in [3.05, 3.63) is 20.8 Å². The Balaban J connectivity index is 2.11. The highest BCUT2D eigenvalue weighted by Gasteiger charge is 2.27. The lowest BCUT2D eigenvalue weighted by molar-refractivity contribution is -0.139. The van der Waals surface area contributed by atoms with Crippen molar-refractivity contribution in [2.45, 2.75) is 37.8 Å². The van der Waals surface area contributed by atoms with Gasteiger partial charge in [0.1, 0.15) is 6.04 Å². The predicted molar refractivity (Wildman–Crippen MR) is 67.8 cm³/mol. The van der Waals surface area contributed by atoms with E-state index in [1.54, 1.807) is 0 Å². The minimum absolute atomic E-state index is 0.357. The fourth-order valence-corrected chi connectivity index (χ4v) is 3.75. The minimum Gasteiger partial charge on any atom is -0.480 e. The molecule has 1 atom stereocenters. The van der Waals surface area contributed by atoms with E-state index in [0.717, 1.165) is 22.2 Å². The molecule has 5 heteroatoms. The van der Waals surface area contributed by atoms with Crippen molar-refractivity contribution in [2.75, 3.05) is 0 Å². The second kappa shape index (κ2) is 5.29. The summed E-state index contributed by atoms with van der Waals surface area (Å²) in [7, 11) is 0. The summed E-state index contributed by atoms with van der Waals surface area (Å²) in [6.45, 7) is 0. The third-order valence-corrected chi connectivity index (χ3v) is 4.85. The van der Waals surface area contributed by atoms with Crippen molar-refractivity contribution in [1.82, 2.24) is 5.32 Å². The van der Waals surface area contributed by atoms with Crippen molar-refractivity contribution in [3.8, 4) is 0 Å². The average Bonchev–Trinajstić information content (AvgIpc) is 2.85. The van der Waals surface area contributed by atoms with Crippen LogP contribution in [0.25, 0.3) is 0 Å². The molecule has 0 aromatic carbocycles. The van der Waals surface area contributed by atoms with Crippen LogP contribution in [0.4, 0.5) is 0 Å². The van der Waals surface area contributed by atoms with E-state index in [-0.39, 0.29) is 0 Å². The number of hydrogen-bond donors (Lipinski definition) is 2. The maximum atomic E-state index is 11.3. The van der Waals surface area contributed by atoms with Gasteiger partial charge in [0.15, 0.2) is 0 Å². The monoisotopic (exact) mass is 303 g/mol. The van der Waals surface area contributed by atoms with Crippen molar-refractivity contribution >= 4 is 33.2 Å². The first-order chi connectivity index (χ1) is 7.68. The van der Waals surface area contributed by atoms with E-state index >= 15 is 0 Å². The summed E-state index contributed by atoms with van der Waals surface area (Å²) in [5, 5.41) is 14.4. The van der Waals surface area contributed by atoms with Gasteiger partial charge in [-0.2, -0.15) is 0 Å². The largest absolute Gasteiger partial charge is 0.480 e. The molecule has 0 bridgehead atoms. The van der Waals surface area contributed by atoms with E-state index in [4.69, 9.17) is 0 Å². The van der Waals surface area contributed by atoms with E-state index in [1.165, 1.54) is 24.2 Å². The van der Waals surface area contributed by atoms with Crippen LogP contribution in [-0.2, 0) is 4.79 Å². The Morgan fingerprint density at radius 2 is 2.25 bits per heavy atom. The van der Waals surface area contributed by atoms with Crippen LogP contribution in [0.5, 0.6) is 0 Å². The van der Waals surface area contributed by atoms with Crippen LogP contribution in [-0.4, -0.2) is 17.1 Å². The van der Waals surface area contributed by atoms with Crippen LogP contribution in [0, 0.1) is 0 Å². The molecule has 1 aromatic rings. The number of nitrogens with one attached hydrogen (secondary N) is 1. The number of halogens is 1. The molecular weight excluding hydrogens is 290 g/mol. The van der Waals surface area contributed by atoms with Gasteiger partial charge in [-0.3, -0.25) is 10.1 Å². The molecule has 2 rings (SSSR count). The van der Waals surface area contributed by atoms with E-state index in [0.29, 0.717) is 6.04 Å². The maximum absolute atomic E-state index is 11.3. The molecule has 1 fully saturated rings. The number of aliphatic carboxylic acids is 1. The first kappa shape index (κ1) is 12.1. The minimum atomic E-state index is -0.796. The summed E-state index contributed by atoms with van der Waals surface area (Å²) in [6, 6.07) is 1.68. The van der Waals surface area contributed by atoms with Crippen LogP contribution in [0.3, 0.4) is 0 Å². The molecule has 0 spiro atoms.